The molecular weight excluding hydrogens is 274 g/mol. The first-order valence-corrected chi connectivity index (χ1v) is 5.88. The maximum absolute atomic E-state index is 10.9. The second kappa shape index (κ2) is 5.88. The van der Waals surface area contributed by atoms with E-state index in [-0.39, 0.29) is 28.8 Å². The van der Waals surface area contributed by atoms with Crippen molar-refractivity contribution in [3.63, 3.8) is 0 Å². The van der Waals surface area contributed by atoms with Crippen molar-refractivity contribution in [1.29, 1.82) is 5.26 Å². The van der Waals surface area contributed by atoms with Crippen LogP contribution in [0.2, 0.25) is 0 Å². The summed E-state index contributed by atoms with van der Waals surface area (Å²) in [5, 5.41) is 17.8. The molecule has 1 heterocycles. The van der Waals surface area contributed by atoms with Gasteiger partial charge < -0.3 is 14.6 Å². The molecule has 7 nitrogen and oxygen atoms in total. The van der Waals surface area contributed by atoms with Crippen molar-refractivity contribution in [1.82, 2.24) is 9.97 Å². The summed E-state index contributed by atoms with van der Waals surface area (Å²) in [6, 6.07) is 7.58. The summed E-state index contributed by atoms with van der Waals surface area (Å²) in [5.41, 5.74) is 0.832. The lowest BCUT2D eigenvalue weighted by molar-refractivity contribution is 0.0696. The number of aromatic nitrogens is 2. The maximum atomic E-state index is 10.9. The van der Waals surface area contributed by atoms with Gasteiger partial charge in [0.15, 0.2) is 11.5 Å². The number of carboxylic acid groups (broad SMARTS) is 1. The maximum Gasteiger partial charge on any atom is 0.335 e. The molecule has 0 unspecified atom stereocenters. The number of nitrogens with zero attached hydrogens (tertiary/aromatic N) is 3. The second-order valence-electron chi connectivity index (χ2n) is 4.06. The standard InChI is InChI=1S/C14H11N3O4/c1-8-5-10(7-15)17-14(16-8)21-11-4-3-9(13(18)19)6-12(11)20-2/h3-6H,1-2H3,(H,18,19). The van der Waals surface area contributed by atoms with Crippen LogP contribution in [0.4, 0.5) is 0 Å². The van der Waals surface area contributed by atoms with E-state index < -0.39 is 5.97 Å². The quantitative estimate of drug-likeness (QED) is 0.917. The summed E-state index contributed by atoms with van der Waals surface area (Å²) >= 11 is 0. The van der Waals surface area contributed by atoms with Crippen LogP contribution in [0.15, 0.2) is 24.3 Å². The van der Waals surface area contributed by atoms with E-state index >= 15 is 0 Å². The summed E-state index contributed by atoms with van der Waals surface area (Å²) < 4.78 is 10.6. The van der Waals surface area contributed by atoms with Crippen LogP contribution in [-0.2, 0) is 0 Å². The molecule has 0 saturated carbocycles. The van der Waals surface area contributed by atoms with Crippen LogP contribution in [0.1, 0.15) is 21.7 Å². The molecular formula is C14H11N3O4. The molecule has 0 saturated heterocycles. The first-order chi connectivity index (χ1) is 10.0. The summed E-state index contributed by atoms with van der Waals surface area (Å²) in [7, 11) is 1.39. The highest BCUT2D eigenvalue weighted by Gasteiger charge is 2.12. The van der Waals surface area contributed by atoms with Crippen molar-refractivity contribution >= 4 is 5.97 Å². The zero-order valence-electron chi connectivity index (χ0n) is 11.3. The Morgan fingerprint density at radius 2 is 2.05 bits per heavy atom. The monoisotopic (exact) mass is 285 g/mol. The average molecular weight is 285 g/mol. The third-order valence-electron chi connectivity index (χ3n) is 2.56. The highest BCUT2D eigenvalue weighted by Crippen LogP contribution is 2.31. The molecule has 0 atom stereocenters. The van der Waals surface area contributed by atoms with Gasteiger partial charge in [-0.2, -0.15) is 10.2 Å². The lowest BCUT2D eigenvalue weighted by atomic mass is 10.2. The van der Waals surface area contributed by atoms with Gasteiger partial charge in [0, 0.05) is 5.69 Å². The molecule has 1 N–H and O–H groups in total. The zero-order valence-corrected chi connectivity index (χ0v) is 11.3. The van der Waals surface area contributed by atoms with Crippen LogP contribution in [0.3, 0.4) is 0 Å². The minimum absolute atomic E-state index is 0.00655. The predicted octanol–water partition coefficient (Wildman–Crippen LogP) is 2.16. The first-order valence-electron chi connectivity index (χ1n) is 5.88. The van der Waals surface area contributed by atoms with Crippen LogP contribution >= 0.6 is 0 Å². The van der Waals surface area contributed by atoms with Crippen LogP contribution < -0.4 is 9.47 Å². The molecule has 0 fully saturated rings. The summed E-state index contributed by atoms with van der Waals surface area (Å²) in [6.45, 7) is 1.71. The number of benzene rings is 1. The lowest BCUT2D eigenvalue weighted by Gasteiger charge is -2.10. The number of methoxy groups -OCH3 is 1. The largest absolute Gasteiger partial charge is 0.493 e. The molecule has 0 aliphatic rings. The topological polar surface area (TPSA) is 105 Å². The Morgan fingerprint density at radius 1 is 1.29 bits per heavy atom. The van der Waals surface area contributed by atoms with Gasteiger partial charge in [0.1, 0.15) is 11.8 Å². The minimum atomic E-state index is -1.07. The number of carbonyl (C=O) groups is 1. The van der Waals surface area contributed by atoms with Crippen molar-refractivity contribution in [2.24, 2.45) is 0 Å². The van der Waals surface area contributed by atoms with E-state index in [4.69, 9.17) is 19.8 Å². The molecule has 0 bridgehead atoms. The van der Waals surface area contributed by atoms with Crippen LogP contribution in [-0.4, -0.2) is 28.2 Å². The average Bonchev–Trinajstić information content (AvgIpc) is 2.46. The molecule has 2 aromatic rings. The molecule has 21 heavy (non-hydrogen) atoms. The van der Waals surface area contributed by atoms with E-state index in [1.165, 1.54) is 31.4 Å². The molecule has 7 heteroatoms. The Bertz CT molecular complexity index is 737. The fourth-order valence-corrected chi connectivity index (χ4v) is 1.63. The highest BCUT2D eigenvalue weighted by molar-refractivity contribution is 5.88. The first kappa shape index (κ1) is 14.3. The van der Waals surface area contributed by atoms with E-state index in [0.717, 1.165) is 0 Å². The summed E-state index contributed by atoms with van der Waals surface area (Å²) in [5.74, 6) is -0.575. The summed E-state index contributed by atoms with van der Waals surface area (Å²) in [6.07, 6.45) is 0. The fraction of sp³-hybridized carbons (Fsp3) is 0.143. The van der Waals surface area contributed by atoms with Gasteiger partial charge in [0.25, 0.3) is 0 Å². The van der Waals surface area contributed by atoms with E-state index in [2.05, 4.69) is 9.97 Å². The van der Waals surface area contributed by atoms with Crippen LogP contribution in [0.25, 0.3) is 0 Å². The van der Waals surface area contributed by atoms with Gasteiger partial charge in [-0.1, -0.05) is 0 Å². The fourth-order valence-electron chi connectivity index (χ4n) is 1.63. The van der Waals surface area contributed by atoms with Gasteiger partial charge in [0.05, 0.1) is 12.7 Å². The Hall–Kier alpha value is -3.14. The second-order valence-corrected chi connectivity index (χ2v) is 4.06. The number of aryl methyl sites for hydroxylation is 1. The third-order valence-corrected chi connectivity index (χ3v) is 2.56. The van der Waals surface area contributed by atoms with Crippen molar-refractivity contribution in [2.45, 2.75) is 6.92 Å². The van der Waals surface area contributed by atoms with Gasteiger partial charge >= 0.3 is 12.0 Å². The molecule has 2 rings (SSSR count). The van der Waals surface area contributed by atoms with Crippen molar-refractivity contribution in [2.75, 3.05) is 7.11 Å². The van der Waals surface area contributed by atoms with Crippen LogP contribution in [0.5, 0.6) is 17.5 Å². The number of rotatable bonds is 4. The molecule has 106 valence electrons. The Morgan fingerprint density at radius 3 is 2.67 bits per heavy atom. The number of ether oxygens (including phenoxy) is 2. The Balaban J connectivity index is 2.37. The van der Waals surface area contributed by atoms with E-state index in [1.807, 2.05) is 6.07 Å². The van der Waals surface area contributed by atoms with E-state index in [0.29, 0.717) is 5.69 Å². The number of hydrogen-bond donors (Lipinski definition) is 1. The van der Waals surface area contributed by atoms with Crippen LogP contribution in [0, 0.1) is 18.3 Å². The van der Waals surface area contributed by atoms with E-state index in [9.17, 15) is 4.79 Å². The molecule has 0 aliphatic heterocycles. The summed E-state index contributed by atoms with van der Waals surface area (Å²) in [4.78, 5) is 18.9. The number of nitriles is 1. The smallest absolute Gasteiger partial charge is 0.335 e. The molecule has 1 aromatic carbocycles. The molecule has 0 spiro atoms. The van der Waals surface area contributed by atoms with Gasteiger partial charge in [-0.3, -0.25) is 0 Å². The number of hydrogen-bond acceptors (Lipinski definition) is 6. The van der Waals surface area contributed by atoms with Crippen molar-refractivity contribution in [3.8, 4) is 23.6 Å². The Kier molecular flexibility index (Phi) is 4.00. The molecule has 1 aromatic heterocycles. The SMILES string of the molecule is COc1cc(C(=O)O)ccc1Oc1nc(C)cc(C#N)n1. The Labute approximate surface area is 120 Å². The van der Waals surface area contributed by atoms with Crippen molar-refractivity contribution in [3.05, 3.63) is 41.2 Å². The molecule has 0 radical (unpaired) electrons. The third kappa shape index (κ3) is 3.25. The lowest BCUT2D eigenvalue weighted by Crippen LogP contribution is -2.00. The highest BCUT2D eigenvalue weighted by atomic mass is 16.5. The predicted molar refractivity (Wildman–Crippen MR) is 71.5 cm³/mol. The van der Waals surface area contributed by atoms with Gasteiger partial charge in [-0.15, -0.1) is 0 Å². The molecule has 0 amide bonds. The minimum Gasteiger partial charge on any atom is -0.493 e. The van der Waals surface area contributed by atoms with Gasteiger partial charge in [0.2, 0.25) is 0 Å². The number of carboxylic acids is 1. The van der Waals surface area contributed by atoms with Gasteiger partial charge in [-0.25, -0.2) is 9.78 Å². The van der Waals surface area contributed by atoms with Gasteiger partial charge in [-0.05, 0) is 31.2 Å². The van der Waals surface area contributed by atoms with E-state index in [1.54, 1.807) is 6.92 Å². The van der Waals surface area contributed by atoms with Crippen molar-refractivity contribution < 1.29 is 19.4 Å². The molecule has 0 aliphatic carbocycles. The number of aromatic carboxylic acids is 1. The zero-order chi connectivity index (χ0) is 15.4. The normalized spacial score (nSPS) is 9.76.